The van der Waals surface area contributed by atoms with Gasteiger partial charge in [-0.15, -0.1) is 0 Å². The first-order valence-corrected chi connectivity index (χ1v) is 7.00. The Hall–Kier alpha value is 0.543. The van der Waals surface area contributed by atoms with Gasteiger partial charge in [0.2, 0.25) is 0 Å². The standard InChI is InChI=1S/C5H9N2.CH3.2ClH.Ru/c1-6-3-4-7(2)5-6;;;;/h3-5H,1-2H3;1H3;2*1H;/q2*-1;;;+4/p-2. The van der Waals surface area contributed by atoms with Crippen molar-refractivity contribution < 1.29 is 15.1 Å². The van der Waals surface area contributed by atoms with E-state index in [1.54, 1.807) is 0 Å². The van der Waals surface area contributed by atoms with Gasteiger partial charge in [-0.2, -0.15) is 6.67 Å². The van der Waals surface area contributed by atoms with Crippen LogP contribution in [-0.4, -0.2) is 23.9 Å². The van der Waals surface area contributed by atoms with E-state index < -0.39 is 0 Å². The van der Waals surface area contributed by atoms with Gasteiger partial charge in [-0.3, -0.25) is 0 Å². The zero-order valence-corrected chi connectivity index (χ0v) is 9.99. The molecule has 0 aromatic carbocycles. The van der Waals surface area contributed by atoms with Crippen LogP contribution in [0.15, 0.2) is 12.4 Å². The summed E-state index contributed by atoms with van der Waals surface area (Å²) in [6, 6.07) is 0. The molecule has 0 aromatic heterocycles. The second-order valence-electron chi connectivity index (χ2n) is 1.80. The number of halogens is 2. The predicted octanol–water partition coefficient (Wildman–Crippen LogP) is 2.28. The quantitative estimate of drug-likeness (QED) is 0.497. The van der Waals surface area contributed by atoms with Crippen LogP contribution in [0.1, 0.15) is 0 Å². The first-order chi connectivity index (χ1) is 4.70. The zero-order valence-electron chi connectivity index (χ0n) is 6.74. The van der Waals surface area contributed by atoms with Gasteiger partial charge in [0.25, 0.3) is 0 Å². The molecule has 0 fully saturated rings. The molecule has 0 spiro atoms. The van der Waals surface area contributed by atoms with Crippen LogP contribution >= 0.6 is 19.4 Å². The Morgan fingerprint density at radius 3 is 1.55 bits per heavy atom. The van der Waals surface area contributed by atoms with Crippen molar-refractivity contribution in [1.82, 2.24) is 9.80 Å². The molecule has 0 aliphatic carbocycles. The van der Waals surface area contributed by atoms with Gasteiger partial charge in [0.05, 0.1) is 0 Å². The molecule has 0 atom stereocenters. The Kier molecular flexibility index (Phi) is 11.1. The van der Waals surface area contributed by atoms with Crippen molar-refractivity contribution in [3.05, 3.63) is 26.5 Å². The van der Waals surface area contributed by atoms with Crippen LogP contribution in [0, 0.1) is 14.1 Å². The van der Waals surface area contributed by atoms with Crippen LogP contribution in [0.4, 0.5) is 0 Å². The minimum atomic E-state index is -0.346. The van der Waals surface area contributed by atoms with E-state index in [4.69, 9.17) is 19.4 Å². The SMILES string of the molecule is CN1C=CN(C)[CH-]1.[CH3-].[Cl][Ru+2][Cl]. The van der Waals surface area contributed by atoms with Crippen molar-refractivity contribution in [1.29, 1.82) is 0 Å². The van der Waals surface area contributed by atoms with E-state index in [-0.39, 0.29) is 22.6 Å². The second kappa shape index (κ2) is 8.64. The fourth-order valence-electron chi connectivity index (χ4n) is 0.575. The van der Waals surface area contributed by atoms with Crippen molar-refractivity contribution in [2.45, 2.75) is 0 Å². The second-order valence-corrected chi connectivity index (χ2v) is 4.43. The fourth-order valence-corrected chi connectivity index (χ4v) is 0.575. The maximum atomic E-state index is 4.85. The molecule has 0 bridgehead atoms. The summed E-state index contributed by atoms with van der Waals surface area (Å²) in [7, 11) is 13.7. The molecule has 1 rings (SSSR count). The molecule has 0 radical (unpaired) electrons. The van der Waals surface area contributed by atoms with Gasteiger partial charge in [-0.25, -0.2) is 0 Å². The number of hydrogen-bond acceptors (Lipinski definition) is 2. The third-order valence-electron chi connectivity index (χ3n) is 0.901. The minimum absolute atomic E-state index is 0. The average molecular weight is 284 g/mol. The van der Waals surface area contributed by atoms with Crippen LogP contribution in [-0.2, 0) is 15.1 Å². The Bertz CT molecular complexity index is 101. The molecule has 0 aromatic rings. The van der Waals surface area contributed by atoms with Crippen molar-refractivity contribution in [2.24, 2.45) is 0 Å². The van der Waals surface area contributed by atoms with E-state index in [0.717, 1.165) is 0 Å². The van der Waals surface area contributed by atoms with Gasteiger partial charge in [0.1, 0.15) is 0 Å². The van der Waals surface area contributed by atoms with Crippen LogP contribution in [0.25, 0.3) is 0 Å². The van der Waals surface area contributed by atoms with E-state index in [1.165, 1.54) is 0 Å². The topological polar surface area (TPSA) is 6.48 Å². The van der Waals surface area contributed by atoms with Crippen molar-refractivity contribution in [3.8, 4) is 0 Å². The van der Waals surface area contributed by atoms with Crippen LogP contribution < -0.4 is 0 Å². The third-order valence-corrected chi connectivity index (χ3v) is 0.901. The Labute approximate surface area is 84.8 Å². The molecular weight excluding hydrogens is 272 g/mol. The Morgan fingerprint density at radius 1 is 1.18 bits per heavy atom. The Balaban J connectivity index is 0. The summed E-state index contributed by atoms with van der Waals surface area (Å²) in [6.45, 7) is 2.00. The molecule has 1 aliphatic rings. The molecule has 0 amide bonds. The zero-order chi connectivity index (χ0) is 7.98. The molecule has 0 saturated carbocycles. The molecule has 1 heterocycles. The summed E-state index contributed by atoms with van der Waals surface area (Å²) in [5.74, 6) is 0. The number of hydrogen-bond donors (Lipinski definition) is 0. The van der Waals surface area contributed by atoms with E-state index in [0.29, 0.717) is 0 Å². The normalized spacial score (nSPS) is 13.8. The van der Waals surface area contributed by atoms with E-state index in [2.05, 4.69) is 0 Å². The number of rotatable bonds is 0. The number of nitrogens with zero attached hydrogens (tertiary/aromatic N) is 2. The van der Waals surface area contributed by atoms with Crippen molar-refractivity contribution >= 4 is 19.4 Å². The molecule has 0 N–H and O–H groups in total. The van der Waals surface area contributed by atoms with Gasteiger partial charge in [-0.1, -0.05) is 0 Å². The van der Waals surface area contributed by atoms with Crippen LogP contribution in [0.3, 0.4) is 0 Å². The molecule has 2 nitrogen and oxygen atoms in total. The molecule has 1 aliphatic heterocycles. The summed E-state index contributed by atoms with van der Waals surface area (Å²) in [5.41, 5.74) is 0. The Morgan fingerprint density at radius 2 is 1.45 bits per heavy atom. The summed E-state index contributed by atoms with van der Waals surface area (Å²) < 4.78 is 0. The molecule has 0 saturated heterocycles. The summed E-state index contributed by atoms with van der Waals surface area (Å²) in [5, 5.41) is 0. The predicted molar refractivity (Wildman–Crippen MR) is 47.1 cm³/mol. The monoisotopic (exact) mass is 284 g/mol. The van der Waals surface area contributed by atoms with Gasteiger partial charge < -0.3 is 17.2 Å². The van der Waals surface area contributed by atoms with Gasteiger partial charge in [0, 0.05) is 0 Å². The van der Waals surface area contributed by atoms with Crippen LogP contribution in [0.2, 0.25) is 0 Å². The van der Waals surface area contributed by atoms with Crippen LogP contribution in [0.5, 0.6) is 0 Å². The van der Waals surface area contributed by atoms with E-state index in [1.807, 2.05) is 43.0 Å². The van der Waals surface area contributed by atoms with Crippen molar-refractivity contribution in [3.63, 3.8) is 0 Å². The molecule has 5 heteroatoms. The van der Waals surface area contributed by atoms with Gasteiger partial charge in [0.15, 0.2) is 0 Å². The molecule has 11 heavy (non-hydrogen) atoms. The molecular formula is C6H12Cl2N2Ru. The average Bonchev–Trinajstić information content (AvgIpc) is 2.17. The summed E-state index contributed by atoms with van der Waals surface area (Å²) >= 11 is -0.346. The first kappa shape index (κ1) is 14.1. The van der Waals surface area contributed by atoms with E-state index in [9.17, 15) is 0 Å². The summed E-state index contributed by atoms with van der Waals surface area (Å²) in [4.78, 5) is 4.00. The first-order valence-electron chi connectivity index (χ1n) is 2.53. The molecule has 68 valence electrons. The van der Waals surface area contributed by atoms with E-state index >= 15 is 0 Å². The molecule has 0 unspecified atom stereocenters. The van der Waals surface area contributed by atoms with Gasteiger partial charge >= 0.3 is 34.5 Å². The third kappa shape index (κ3) is 8.45. The maximum absolute atomic E-state index is 4.85. The van der Waals surface area contributed by atoms with Crippen molar-refractivity contribution in [2.75, 3.05) is 14.1 Å². The fraction of sp³-hybridized carbons (Fsp3) is 0.333. The summed E-state index contributed by atoms with van der Waals surface area (Å²) in [6.07, 6.45) is 4.00. The van der Waals surface area contributed by atoms with Gasteiger partial charge in [-0.05, 0) is 26.5 Å².